The third kappa shape index (κ3) is 4.49. The van der Waals surface area contributed by atoms with Crippen molar-refractivity contribution < 1.29 is 10.0 Å². The van der Waals surface area contributed by atoms with Crippen LogP contribution >= 0.6 is 0 Å². The number of non-ortho nitro benzene ring substituents is 1. The third-order valence-corrected chi connectivity index (χ3v) is 3.40. The number of pyridine rings is 1. The van der Waals surface area contributed by atoms with Crippen molar-refractivity contribution in [2.75, 3.05) is 18.5 Å². The number of nitro groups is 1. The van der Waals surface area contributed by atoms with Crippen molar-refractivity contribution in [1.29, 1.82) is 5.26 Å². The summed E-state index contributed by atoms with van der Waals surface area (Å²) in [7, 11) is 0. The van der Waals surface area contributed by atoms with Crippen LogP contribution in [-0.4, -0.2) is 28.2 Å². The van der Waals surface area contributed by atoms with Crippen LogP contribution in [-0.2, 0) is 6.42 Å². The minimum Gasteiger partial charge on any atom is -0.396 e. The van der Waals surface area contributed by atoms with Crippen molar-refractivity contribution in [3.05, 3.63) is 64.0 Å². The van der Waals surface area contributed by atoms with Crippen LogP contribution < -0.4 is 5.32 Å². The van der Waals surface area contributed by atoms with Gasteiger partial charge in [-0.1, -0.05) is 6.07 Å². The minimum absolute atomic E-state index is 0.0293. The van der Waals surface area contributed by atoms with Crippen molar-refractivity contribution >= 4 is 11.4 Å². The van der Waals surface area contributed by atoms with Gasteiger partial charge in [0.1, 0.15) is 6.07 Å². The molecule has 0 radical (unpaired) electrons. The fourth-order valence-electron chi connectivity index (χ4n) is 2.16. The molecule has 0 bridgehead atoms. The summed E-state index contributed by atoms with van der Waals surface area (Å²) in [6, 6.07) is 11.6. The molecule has 2 N–H and O–H groups in total. The molecule has 0 aliphatic heterocycles. The Kier molecular flexibility index (Phi) is 5.61. The smallest absolute Gasteiger partial charge is 0.270 e. The van der Waals surface area contributed by atoms with E-state index in [1.807, 2.05) is 24.3 Å². The first kappa shape index (κ1) is 16.4. The van der Waals surface area contributed by atoms with E-state index in [1.54, 1.807) is 6.20 Å². The third-order valence-electron chi connectivity index (χ3n) is 3.40. The molecular formula is C16H16N4O3. The number of hydrogen-bond donors (Lipinski definition) is 2. The van der Waals surface area contributed by atoms with Crippen molar-refractivity contribution in [2.24, 2.45) is 5.92 Å². The van der Waals surface area contributed by atoms with E-state index in [0.29, 0.717) is 18.7 Å². The Bertz CT molecular complexity index is 713. The van der Waals surface area contributed by atoms with Gasteiger partial charge in [-0.2, -0.15) is 5.26 Å². The first-order chi connectivity index (χ1) is 11.1. The number of anilines is 1. The van der Waals surface area contributed by atoms with Gasteiger partial charge < -0.3 is 10.4 Å². The quantitative estimate of drug-likeness (QED) is 0.598. The maximum atomic E-state index is 10.7. The Morgan fingerprint density at radius 3 is 2.83 bits per heavy atom. The van der Waals surface area contributed by atoms with E-state index in [2.05, 4.69) is 10.3 Å². The fourth-order valence-corrected chi connectivity index (χ4v) is 2.16. The van der Waals surface area contributed by atoms with Gasteiger partial charge in [0.15, 0.2) is 0 Å². The van der Waals surface area contributed by atoms with Crippen LogP contribution in [0.5, 0.6) is 0 Å². The van der Waals surface area contributed by atoms with Gasteiger partial charge in [0, 0.05) is 43.1 Å². The van der Waals surface area contributed by atoms with E-state index in [1.165, 1.54) is 18.2 Å². The maximum Gasteiger partial charge on any atom is 0.270 e. The van der Waals surface area contributed by atoms with Crippen LogP contribution in [0.2, 0.25) is 0 Å². The molecule has 118 valence electrons. The van der Waals surface area contributed by atoms with Crippen molar-refractivity contribution in [2.45, 2.75) is 6.42 Å². The number of hydrogen-bond acceptors (Lipinski definition) is 6. The second kappa shape index (κ2) is 7.87. The van der Waals surface area contributed by atoms with Gasteiger partial charge in [-0.3, -0.25) is 15.1 Å². The lowest BCUT2D eigenvalue weighted by Gasteiger charge is -2.16. The average molecular weight is 312 g/mol. The van der Waals surface area contributed by atoms with E-state index in [0.717, 1.165) is 5.69 Å². The SMILES string of the molecule is N#Cc1cc([N+](=O)[O-])ccc1NCC(CO)Cc1ccccn1. The van der Waals surface area contributed by atoms with Crippen LogP contribution in [0.4, 0.5) is 11.4 Å². The molecule has 0 fully saturated rings. The molecule has 7 heteroatoms. The largest absolute Gasteiger partial charge is 0.396 e. The average Bonchev–Trinajstić information content (AvgIpc) is 2.59. The van der Waals surface area contributed by atoms with E-state index < -0.39 is 4.92 Å². The molecule has 7 nitrogen and oxygen atoms in total. The van der Waals surface area contributed by atoms with Crippen LogP contribution in [0, 0.1) is 27.4 Å². The van der Waals surface area contributed by atoms with Gasteiger partial charge in [0.25, 0.3) is 5.69 Å². The number of aromatic nitrogens is 1. The molecule has 1 aromatic carbocycles. The Balaban J connectivity index is 2.04. The Labute approximate surface area is 133 Å². The van der Waals surface area contributed by atoms with Crippen LogP contribution in [0.25, 0.3) is 0 Å². The molecule has 1 atom stereocenters. The zero-order valence-corrected chi connectivity index (χ0v) is 12.3. The van der Waals surface area contributed by atoms with Crippen LogP contribution in [0.1, 0.15) is 11.3 Å². The Morgan fingerprint density at radius 2 is 2.22 bits per heavy atom. The predicted octanol–water partition coefficient (Wildman–Crippen LogP) is 2.12. The van der Waals surface area contributed by atoms with Crippen LogP contribution in [0.3, 0.4) is 0 Å². The fraction of sp³-hybridized carbons (Fsp3) is 0.250. The normalized spacial score (nSPS) is 11.5. The standard InChI is InChI=1S/C16H16N4O3/c17-9-13-8-15(20(22)23)4-5-16(13)19-10-12(11-21)7-14-3-1-2-6-18-14/h1-6,8,12,19,21H,7,10-11H2. The highest BCUT2D eigenvalue weighted by Gasteiger charge is 2.13. The first-order valence-corrected chi connectivity index (χ1v) is 7.07. The molecule has 1 aromatic heterocycles. The molecule has 0 aliphatic rings. The summed E-state index contributed by atoms with van der Waals surface area (Å²) < 4.78 is 0. The number of nitriles is 1. The topological polar surface area (TPSA) is 112 Å². The lowest BCUT2D eigenvalue weighted by Crippen LogP contribution is -2.21. The molecule has 1 unspecified atom stereocenters. The number of nitrogens with one attached hydrogen (secondary N) is 1. The lowest BCUT2D eigenvalue weighted by molar-refractivity contribution is -0.384. The summed E-state index contributed by atoms with van der Waals surface area (Å²) in [6.07, 6.45) is 2.29. The first-order valence-electron chi connectivity index (χ1n) is 7.07. The number of benzene rings is 1. The molecular weight excluding hydrogens is 296 g/mol. The number of nitro benzene ring substituents is 1. The highest BCUT2D eigenvalue weighted by Crippen LogP contribution is 2.22. The van der Waals surface area contributed by atoms with Gasteiger partial charge in [-0.05, 0) is 24.6 Å². The van der Waals surface area contributed by atoms with Crippen molar-refractivity contribution in [1.82, 2.24) is 4.98 Å². The second-order valence-electron chi connectivity index (χ2n) is 5.05. The summed E-state index contributed by atoms with van der Waals surface area (Å²) >= 11 is 0. The van der Waals surface area contributed by atoms with E-state index >= 15 is 0 Å². The molecule has 2 aromatic rings. The molecule has 0 amide bonds. The molecule has 0 spiro atoms. The lowest BCUT2D eigenvalue weighted by atomic mass is 10.0. The minimum atomic E-state index is -0.539. The molecule has 0 aliphatic carbocycles. The molecule has 0 saturated carbocycles. The van der Waals surface area contributed by atoms with Crippen molar-refractivity contribution in [3.63, 3.8) is 0 Å². The Hall–Kier alpha value is -2.98. The summed E-state index contributed by atoms with van der Waals surface area (Å²) in [5.41, 5.74) is 1.46. The number of nitrogens with zero attached hydrogens (tertiary/aromatic N) is 3. The second-order valence-corrected chi connectivity index (χ2v) is 5.05. The highest BCUT2D eigenvalue weighted by atomic mass is 16.6. The molecule has 23 heavy (non-hydrogen) atoms. The summed E-state index contributed by atoms with van der Waals surface area (Å²) in [5, 5.41) is 32.4. The predicted molar refractivity (Wildman–Crippen MR) is 84.8 cm³/mol. The molecule has 0 saturated heterocycles. The van der Waals surface area contributed by atoms with E-state index in [4.69, 9.17) is 5.26 Å². The highest BCUT2D eigenvalue weighted by molar-refractivity contribution is 5.61. The van der Waals surface area contributed by atoms with Gasteiger partial charge in [0.2, 0.25) is 0 Å². The van der Waals surface area contributed by atoms with Gasteiger partial charge in [-0.25, -0.2) is 0 Å². The maximum absolute atomic E-state index is 10.7. The molecule has 2 rings (SSSR count). The number of rotatable bonds is 7. The zero-order chi connectivity index (χ0) is 16.7. The molecule has 1 heterocycles. The van der Waals surface area contributed by atoms with Crippen molar-refractivity contribution in [3.8, 4) is 6.07 Å². The van der Waals surface area contributed by atoms with Crippen LogP contribution in [0.15, 0.2) is 42.6 Å². The van der Waals surface area contributed by atoms with Gasteiger partial charge in [-0.15, -0.1) is 0 Å². The number of aliphatic hydroxyl groups is 1. The monoisotopic (exact) mass is 312 g/mol. The zero-order valence-electron chi connectivity index (χ0n) is 12.3. The summed E-state index contributed by atoms with van der Waals surface area (Å²) in [5.74, 6) is -0.0772. The van der Waals surface area contributed by atoms with Gasteiger partial charge >= 0.3 is 0 Å². The van der Waals surface area contributed by atoms with E-state index in [9.17, 15) is 15.2 Å². The van der Waals surface area contributed by atoms with Gasteiger partial charge in [0.05, 0.1) is 16.2 Å². The Morgan fingerprint density at radius 1 is 1.39 bits per heavy atom. The summed E-state index contributed by atoms with van der Waals surface area (Å²) in [6.45, 7) is 0.401. The summed E-state index contributed by atoms with van der Waals surface area (Å²) in [4.78, 5) is 14.4. The number of aliphatic hydroxyl groups excluding tert-OH is 1. The van der Waals surface area contributed by atoms with E-state index in [-0.39, 0.29) is 23.8 Å².